The highest BCUT2D eigenvalue weighted by Crippen LogP contribution is 2.33. The van der Waals surface area contributed by atoms with Gasteiger partial charge in [0, 0.05) is 51.4 Å². The summed E-state index contributed by atoms with van der Waals surface area (Å²) in [4.78, 5) is 29.2. The third-order valence-corrected chi connectivity index (χ3v) is 4.86. The van der Waals surface area contributed by atoms with E-state index in [-0.39, 0.29) is 17.4 Å². The van der Waals surface area contributed by atoms with Crippen LogP contribution in [0.5, 0.6) is 0 Å². The summed E-state index contributed by atoms with van der Waals surface area (Å²) in [6.45, 7) is 11.2. The van der Waals surface area contributed by atoms with Crippen molar-refractivity contribution in [2.45, 2.75) is 45.6 Å². The van der Waals surface area contributed by atoms with Crippen LogP contribution in [0.2, 0.25) is 0 Å². The largest absolute Gasteiger partial charge is 0.473 e. The Morgan fingerprint density at radius 2 is 1.60 bits per heavy atom. The fourth-order valence-corrected chi connectivity index (χ4v) is 3.29. The van der Waals surface area contributed by atoms with Crippen LogP contribution >= 0.6 is 0 Å². The highest BCUT2D eigenvalue weighted by atomic mass is 16.5. The molecule has 0 unspecified atom stereocenters. The van der Waals surface area contributed by atoms with Gasteiger partial charge in [0.2, 0.25) is 0 Å². The second-order valence-corrected chi connectivity index (χ2v) is 7.97. The van der Waals surface area contributed by atoms with Crippen molar-refractivity contribution in [3.8, 4) is 0 Å². The van der Waals surface area contributed by atoms with Gasteiger partial charge in [0.1, 0.15) is 5.60 Å². The standard InChI is InChI=1S/C19H29N3O3/c1-19(2,3)25-18(15-5-4-6-15)21-12-9-20(10-13-21)11-14-22-16(23)7-8-17(22)24/h7-8H,4-6,9-14H2,1-3H3. The predicted molar refractivity (Wildman–Crippen MR) is 95.6 cm³/mol. The molecule has 138 valence electrons. The van der Waals surface area contributed by atoms with Crippen molar-refractivity contribution < 1.29 is 14.3 Å². The highest BCUT2D eigenvalue weighted by Gasteiger charge is 2.29. The molecule has 25 heavy (non-hydrogen) atoms. The summed E-state index contributed by atoms with van der Waals surface area (Å²) in [5.74, 6) is 0.700. The van der Waals surface area contributed by atoms with Crippen LogP contribution in [0.25, 0.3) is 0 Å². The maximum absolute atomic E-state index is 11.6. The molecule has 0 aromatic heterocycles. The maximum atomic E-state index is 11.6. The fourth-order valence-electron chi connectivity index (χ4n) is 3.29. The number of carbonyl (C=O) groups is 2. The lowest BCUT2D eigenvalue weighted by Gasteiger charge is -2.41. The summed E-state index contributed by atoms with van der Waals surface area (Å²) < 4.78 is 6.27. The number of nitrogens with zero attached hydrogens (tertiary/aromatic N) is 3. The van der Waals surface area contributed by atoms with Crippen LogP contribution in [0, 0.1) is 0 Å². The van der Waals surface area contributed by atoms with Crippen LogP contribution in [0.15, 0.2) is 23.6 Å². The first-order valence-electron chi connectivity index (χ1n) is 9.25. The van der Waals surface area contributed by atoms with Crippen LogP contribution in [0.1, 0.15) is 40.0 Å². The quantitative estimate of drug-likeness (QED) is 0.560. The number of rotatable bonds is 5. The summed E-state index contributed by atoms with van der Waals surface area (Å²) in [6.07, 6.45) is 6.26. The van der Waals surface area contributed by atoms with Crippen LogP contribution in [-0.2, 0) is 14.3 Å². The minimum atomic E-state index is -0.195. The molecule has 6 heteroatoms. The van der Waals surface area contributed by atoms with Crippen molar-refractivity contribution in [3.63, 3.8) is 0 Å². The molecule has 1 saturated heterocycles. The van der Waals surface area contributed by atoms with Crippen LogP contribution < -0.4 is 0 Å². The van der Waals surface area contributed by atoms with Crippen molar-refractivity contribution in [1.29, 1.82) is 0 Å². The molecule has 0 spiro atoms. The van der Waals surface area contributed by atoms with E-state index in [1.54, 1.807) is 0 Å². The van der Waals surface area contributed by atoms with Gasteiger partial charge in [0.05, 0.1) is 0 Å². The Kier molecular flexibility index (Phi) is 5.18. The van der Waals surface area contributed by atoms with Crippen molar-refractivity contribution in [2.24, 2.45) is 0 Å². The summed E-state index contributed by atoms with van der Waals surface area (Å²) in [7, 11) is 0. The second-order valence-electron chi connectivity index (χ2n) is 7.97. The normalized spacial score (nSPS) is 21.8. The molecule has 2 heterocycles. The average molecular weight is 347 g/mol. The van der Waals surface area contributed by atoms with Gasteiger partial charge in [-0.3, -0.25) is 19.4 Å². The lowest BCUT2D eigenvalue weighted by atomic mass is 9.92. The molecule has 6 nitrogen and oxygen atoms in total. The van der Waals surface area contributed by atoms with E-state index < -0.39 is 0 Å². The van der Waals surface area contributed by atoms with Crippen molar-refractivity contribution in [3.05, 3.63) is 23.6 Å². The van der Waals surface area contributed by atoms with Gasteiger partial charge < -0.3 is 9.64 Å². The summed E-state index contributed by atoms with van der Waals surface area (Å²) in [5, 5.41) is 0. The van der Waals surface area contributed by atoms with Gasteiger partial charge in [-0.05, 0) is 45.6 Å². The number of amides is 2. The predicted octanol–water partition coefficient (Wildman–Crippen LogP) is 1.74. The first-order chi connectivity index (χ1) is 11.8. The van der Waals surface area contributed by atoms with E-state index in [4.69, 9.17) is 4.74 Å². The summed E-state index contributed by atoms with van der Waals surface area (Å²) >= 11 is 0. The van der Waals surface area contributed by atoms with Gasteiger partial charge in [-0.2, -0.15) is 0 Å². The number of allylic oxidation sites excluding steroid dienone is 1. The van der Waals surface area contributed by atoms with Gasteiger partial charge in [-0.15, -0.1) is 0 Å². The van der Waals surface area contributed by atoms with Gasteiger partial charge in [0.25, 0.3) is 11.8 Å². The molecule has 1 aliphatic carbocycles. The molecular weight excluding hydrogens is 318 g/mol. The van der Waals surface area contributed by atoms with E-state index in [0.717, 1.165) is 51.4 Å². The lowest BCUT2D eigenvalue weighted by molar-refractivity contribution is -0.137. The molecule has 3 aliphatic rings. The average Bonchev–Trinajstić information content (AvgIpc) is 2.81. The molecule has 0 N–H and O–H groups in total. The number of carbonyl (C=O) groups excluding carboxylic acids is 2. The molecule has 3 rings (SSSR count). The van der Waals surface area contributed by atoms with Gasteiger partial charge in [0.15, 0.2) is 5.88 Å². The zero-order valence-electron chi connectivity index (χ0n) is 15.6. The lowest BCUT2D eigenvalue weighted by Crippen LogP contribution is -2.49. The smallest absolute Gasteiger partial charge is 0.253 e. The molecule has 1 saturated carbocycles. The van der Waals surface area contributed by atoms with Crippen LogP contribution in [0.3, 0.4) is 0 Å². The second kappa shape index (κ2) is 7.20. The van der Waals surface area contributed by atoms with E-state index in [1.807, 2.05) is 0 Å². The third-order valence-electron chi connectivity index (χ3n) is 4.86. The Morgan fingerprint density at radius 3 is 2.08 bits per heavy atom. The van der Waals surface area contributed by atoms with E-state index >= 15 is 0 Å². The van der Waals surface area contributed by atoms with Crippen LogP contribution in [0.4, 0.5) is 0 Å². The Labute approximate surface area is 150 Å². The topological polar surface area (TPSA) is 53.1 Å². The monoisotopic (exact) mass is 347 g/mol. The van der Waals surface area contributed by atoms with E-state index in [0.29, 0.717) is 6.54 Å². The third kappa shape index (κ3) is 4.42. The number of hydrogen-bond donors (Lipinski definition) is 0. The minimum absolute atomic E-state index is 0.182. The van der Waals surface area contributed by atoms with Gasteiger partial charge >= 0.3 is 0 Å². The molecule has 2 fully saturated rings. The molecule has 0 atom stereocenters. The van der Waals surface area contributed by atoms with Gasteiger partial charge in [-0.25, -0.2) is 0 Å². The molecule has 2 aliphatic heterocycles. The Bertz CT molecular complexity index is 572. The van der Waals surface area contributed by atoms with Crippen LogP contribution in [-0.4, -0.2) is 71.4 Å². The first-order valence-corrected chi connectivity index (χ1v) is 9.25. The molecule has 0 aromatic carbocycles. The van der Waals surface area contributed by atoms with E-state index in [1.165, 1.54) is 29.0 Å². The fraction of sp³-hybridized carbons (Fsp3) is 0.684. The molecule has 0 radical (unpaired) electrons. The molecule has 0 aromatic rings. The van der Waals surface area contributed by atoms with Crippen molar-refractivity contribution >= 4 is 11.8 Å². The maximum Gasteiger partial charge on any atom is 0.253 e. The Morgan fingerprint density at radius 1 is 1.00 bits per heavy atom. The molecular formula is C19H29N3O3. The van der Waals surface area contributed by atoms with Crippen molar-refractivity contribution in [2.75, 3.05) is 39.3 Å². The SMILES string of the molecule is CC(C)(C)OC(=C1CCC1)N1CCN(CCN2C(=O)C=CC2=O)CC1. The summed E-state index contributed by atoms with van der Waals surface area (Å²) in [6, 6.07) is 0. The zero-order valence-corrected chi connectivity index (χ0v) is 15.6. The number of hydrogen-bond acceptors (Lipinski definition) is 5. The molecule has 2 amide bonds. The number of piperazine rings is 1. The number of ether oxygens (including phenoxy) is 1. The Balaban J connectivity index is 1.51. The zero-order chi connectivity index (χ0) is 18.0. The van der Waals surface area contributed by atoms with E-state index in [9.17, 15) is 9.59 Å². The van der Waals surface area contributed by atoms with E-state index in [2.05, 4.69) is 30.6 Å². The van der Waals surface area contributed by atoms with Gasteiger partial charge in [-0.1, -0.05) is 0 Å². The molecule has 0 bridgehead atoms. The number of imide groups is 1. The summed E-state index contributed by atoms with van der Waals surface area (Å²) in [5.41, 5.74) is 1.26. The van der Waals surface area contributed by atoms with Crippen molar-refractivity contribution in [1.82, 2.24) is 14.7 Å². The highest BCUT2D eigenvalue weighted by molar-refractivity contribution is 6.12. The minimum Gasteiger partial charge on any atom is -0.473 e. The Hall–Kier alpha value is -1.82. The first kappa shape index (κ1) is 18.0.